The second kappa shape index (κ2) is 5.65. The number of ketones is 1. The molecule has 0 spiro atoms. The fourth-order valence-corrected chi connectivity index (χ4v) is 2.12. The Morgan fingerprint density at radius 1 is 1.11 bits per heavy atom. The number of hydrogen-bond donors (Lipinski definition) is 0. The molecule has 0 amide bonds. The molecule has 3 heteroatoms. The van der Waals surface area contributed by atoms with Crippen molar-refractivity contribution in [2.75, 3.05) is 11.9 Å². The SMILES string of the molecule is CC(=O)c1c(F)cccc1N(C)Cc1ccccc1. The van der Waals surface area contributed by atoms with Gasteiger partial charge in [-0.25, -0.2) is 4.39 Å². The van der Waals surface area contributed by atoms with Crippen molar-refractivity contribution in [1.29, 1.82) is 0 Å². The molecule has 0 aliphatic rings. The molecular weight excluding hydrogens is 241 g/mol. The van der Waals surface area contributed by atoms with Crippen molar-refractivity contribution in [2.45, 2.75) is 13.5 Å². The van der Waals surface area contributed by atoms with Gasteiger partial charge in [-0.3, -0.25) is 4.79 Å². The molecule has 19 heavy (non-hydrogen) atoms. The Balaban J connectivity index is 2.31. The van der Waals surface area contributed by atoms with Crippen LogP contribution in [-0.2, 0) is 6.54 Å². The van der Waals surface area contributed by atoms with Crippen LogP contribution in [0.1, 0.15) is 22.8 Å². The summed E-state index contributed by atoms with van der Waals surface area (Å²) in [6.45, 7) is 2.02. The van der Waals surface area contributed by atoms with E-state index in [4.69, 9.17) is 0 Å². The van der Waals surface area contributed by atoms with E-state index in [1.165, 1.54) is 13.0 Å². The Morgan fingerprint density at radius 2 is 1.79 bits per heavy atom. The van der Waals surface area contributed by atoms with Crippen molar-refractivity contribution in [3.63, 3.8) is 0 Å². The van der Waals surface area contributed by atoms with Crippen molar-refractivity contribution in [1.82, 2.24) is 0 Å². The van der Waals surface area contributed by atoms with Gasteiger partial charge in [0.1, 0.15) is 5.82 Å². The molecule has 0 atom stereocenters. The minimum Gasteiger partial charge on any atom is -0.370 e. The van der Waals surface area contributed by atoms with Gasteiger partial charge in [0.05, 0.1) is 11.3 Å². The maximum atomic E-state index is 13.8. The molecule has 2 aromatic rings. The first-order valence-corrected chi connectivity index (χ1v) is 6.14. The van der Waals surface area contributed by atoms with E-state index in [1.54, 1.807) is 12.1 Å². The predicted molar refractivity (Wildman–Crippen MR) is 75.0 cm³/mol. The zero-order valence-corrected chi connectivity index (χ0v) is 11.1. The molecule has 0 bridgehead atoms. The molecule has 0 saturated heterocycles. The number of nitrogens with zero attached hydrogens (tertiary/aromatic N) is 1. The Kier molecular flexibility index (Phi) is 3.95. The molecule has 0 saturated carbocycles. The van der Waals surface area contributed by atoms with Crippen LogP contribution in [0.2, 0.25) is 0 Å². The van der Waals surface area contributed by atoms with Crippen LogP contribution in [0.15, 0.2) is 48.5 Å². The minimum absolute atomic E-state index is 0.154. The smallest absolute Gasteiger partial charge is 0.164 e. The molecule has 2 aromatic carbocycles. The van der Waals surface area contributed by atoms with E-state index < -0.39 is 5.82 Å². The van der Waals surface area contributed by atoms with E-state index in [0.29, 0.717) is 12.2 Å². The van der Waals surface area contributed by atoms with E-state index in [2.05, 4.69) is 0 Å². The Hall–Kier alpha value is -2.16. The fourth-order valence-electron chi connectivity index (χ4n) is 2.12. The van der Waals surface area contributed by atoms with E-state index in [9.17, 15) is 9.18 Å². The summed E-state index contributed by atoms with van der Waals surface area (Å²) in [5.74, 6) is -0.724. The van der Waals surface area contributed by atoms with Gasteiger partial charge in [-0.15, -0.1) is 0 Å². The minimum atomic E-state index is -0.468. The molecule has 0 aromatic heterocycles. The summed E-state index contributed by atoms with van der Waals surface area (Å²) in [6, 6.07) is 14.6. The van der Waals surface area contributed by atoms with E-state index in [-0.39, 0.29) is 11.3 Å². The number of hydrogen-bond acceptors (Lipinski definition) is 2. The number of carbonyl (C=O) groups excluding carboxylic acids is 1. The van der Waals surface area contributed by atoms with Gasteiger partial charge in [0, 0.05) is 13.6 Å². The van der Waals surface area contributed by atoms with E-state index in [1.807, 2.05) is 42.3 Å². The zero-order valence-electron chi connectivity index (χ0n) is 11.1. The monoisotopic (exact) mass is 257 g/mol. The van der Waals surface area contributed by atoms with Crippen LogP contribution in [-0.4, -0.2) is 12.8 Å². The highest BCUT2D eigenvalue weighted by atomic mass is 19.1. The van der Waals surface area contributed by atoms with Crippen molar-refractivity contribution in [3.8, 4) is 0 Å². The van der Waals surface area contributed by atoms with Crippen LogP contribution >= 0.6 is 0 Å². The molecule has 0 fully saturated rings. The second-order valence-electron chi connectivity index (χ2n) is 4.53. The van der Waals surface area contributed by atoms with Crippen LogP contribution in [0.25, 0.3) is 0 Å². The zero-order chi connectivity index (χ0) is 13.8. The van der Waals surface area contributed by atoms with Gasteiger partial charge >= 0.3 is 0 Å². The van der Waals surface area contributed by atoms with Gasteiger partial charge in [0.2, 0.25) is 0 Å². The largest absolute Gasteiger partial charge is 0.370 e. The van der Waals surface area contributed by atoms with Crippen molar-refractivity contribution in [3.05, 3.63) is 65.5 Å². The van der Waals surface area contributed by atoms with Crippen LogP contribution in [0.4, 0.5) is 10.1 Å². The van der Waals surface area contributed by atoms with Gasteiger partial charge in [0.25, 0.3) is 0 Å². The quantitative estimate of drug-likeness (QED) is 0.779. The maximum absolute atomic E-state index is 13.8. The highest BCUT2D eigenvalue weighted by molar-refractivity contribution is 5.99. The van der Waals surface area contributed by atoms with Gasteiger partial charge in [-0.05, 0) is 24.6 Å². The molecule has 0 aliphatic carbocycles. The van der Waals surface area contributed by atoms with E-state index in [0.717, 1.165) is 5.56 Å². The lowest BCUT2D eigenvalue weighted by Crippen LogP contribution is -2.19. The number of halogens is 1. The first kappa shape index (κ1) is 13.3. The summed E-state index contributed by atoms with van der Waals surface area (Å²) in [4.78, 5) is 13.5. The van der Waals surface area contributed by atoms with Crippen LogP contribution < -0.4 is 4.90 Å². The molecule has 0 heterocycles. The summed E-state index contributed by atoms with van der Waals surface area (Å²) in [7, 11) is 1.86. The number of benzene rings is 2. The lowest BCUT2D eigenvalue weighted by molar-refractivity contribution is 0.101. The molecule has 2 nitrogen and oxygen atoms in total. The first-order valence-electron chi connectivity index (χ1n) is 6.14. The average Bonchev–Trinajstić information content (AvgIpc) is 2.39. The van der Waals surface area contributed by atoms with Gasteiger partial charge in [-0.2, -0.15) is 0 Å². The lowest BCUT2D eigenvalue weighted by atomic mass is 10.1. The number of rotatable bonds is 4. The predicted octanol–water partition coefficient (Wildman–Crippen LogP) is 3.66. The van der Waals surface area contributed by atoms with Crippen molar-refractivity contribution in [2.24, 2.45) is 0 Å². The topological polar surface area (TPSA) is 20.3 Å². The van der Waals surface area contributed by atoms with Gasteiger partial charge in [0.15, 0.2) is 5.78 Å². The van der Waals surface area contributed by atoms with Crippen molar-refractivity contribution < 1.29 is 9.18 Å². The summed E-state index contributed by atoms with van der Waals surface area (Å²) in [5.41, 5.74) is 1.89. The number of anilines is 1. The summed E-state index contributed by atoms with van der Waals surface area (Å²) in [6.07, 6.45) is 0. The Morgan fingerprint density at radius 3 is 2.42 bits per heavy atom. The molecule has 0 radical (unpaired) electrons. The standard InChI is InChI=1S/C16H16FNO/c1-12(19)16-14(17)9-6-10-15(16)18(2)11-13-7-4-3-5-8-13/h3-10H,11H2,1-2H3. The highest BCUT2D eigenvalue weighted by Crippen LogP contribution is 2.24. The summed E-state index contributed by atoms with van der Waals surface area (Å²) >= 11 is 0. The summed E-state index contributed by atoms with van der Waals surface area (Å²) in [5, 5.41) is 0. The third-order valence-electron chi connectivity index (χ3n) is 3.02. The molecular formula is C16H16FNO. The normalized spacial score (nSPS) is 10.3. The fraction of sp³-hybridized carbons (Fsp3) is 0.188. The first-order chi connectivity index (χ1) is 9.09. The molecule has 0 N–H and O–H groups in total. The van der Waals surface area contributed by atoms with Gasteiger partial charge < -0.3 is 4.90 Å². The highest BCUT2D eigenvalue weighted by Gasteiger charge is 2.15. The Labute approximate surface area is 112 Å². The third-order valence-corrected chi connectivity index (χ3v) is 3.02. The van der Waals surface area contributed by atoms with Crippen molar-refractivity contribution >= 4 is 11.5 Å². The molecule has 0 aliphatic heterocycles. The number of carbonyl (C=O) groups is 1. The number of Topliss-reactive ketones (excluding diaryl/α,β-unsaturated/α-hetero) is 1. The van der Waals surface area contributed by atoms with Gasteiger partial charge in [-0.1, -0.05) is 36.4 Å². The van der Waals surface area contributed by atoms with Crippen LogP contribution in [0.3, 0.4) is 0 Å². The van der Waals surface area contributed by atoms with Crippen LogP contribution in [0.5, 0.6) is 0 Å². The molecule has 98 valence electrons. The van der Waals surface area contributed by atoms with Crippen LogP contribution in [0, 0.1) is 5.82 Å². The summed E-state index contributed by atoms with van der Waals surface area (Å²) < 4.78 is 13.8. The Bertz CT molecular complexity index is 581. The maximum Gasteiger partial charge on any atom is 0.164 e. The second-order valence-corrected chi connectivity index (χ2v) is 4.53. The van der Waals surface area contributed by atoms with E-state index >= 15 is 0 Å². The third kappa shape index (κ3) is 2.99. The average molecular weight is 257 g/mol. The molecule has 0 unspecified atom stereocenters. The lowest BCUT2D eigenvalue weighted by Gasteiger charge is -2.22. The molecule has 2 rings (SSSR count).